The third-order valence-electron chi connectivity index (χ3n) is 3.70. The van der Waals surface area contributed by atoms with E-state index in [9.17, 15) is 9.18 Å². The summed E-state index contributed by atoms with van der Waals surface area (Å²) in [6.45, 7) is 3.78. The quantitative estimate of drug-likeness (QED) is 0.645. The Labute approximate surface area is 158 Å². The second-order valence-corrected chi connectivity index (χ2v) is 6.66. The molecule has 0 saturated carbocycles. The lowest BCUT2D eigenvalue weighted by molar-refractivity contribution is -0.116. The fourth-order valence-corrected chi connectivity index (χ4v) is 2.57. The van der Waals surface area contributed by atoms with E-state index in [1.54, 1.807) is 16.8 Å². The van der Waals surface area contributed by atoms with E-state index >= 15 is 0 Å². The summed E-state index contributed by atoms with van der Waals surface area (Å²) < 4.78 is 15.2. The van der Waals surface area contributed by atoms with Crippen LogP contribution < -0.4 is 5.32 Å². The predicted molar refractivity (Wildman–Crippen MR) is 102 cm³/mol. The summed E-state index contributed by atoms with van der Waals surface area (Å²) >= 11 is 3.05. The largest absolute Gasteiger partial charge is 0.346 e. The van der Waals surface area contributed by atoms with Gasteiger partial charge in [-0.15, -0.1) is 0 Å². The number of pyridine rings is 1. The average molecular weight is 415 g/mol. The number of rotatable bonds is 5. The van der Waals surface area contributed by atoms with Crippen molar-refractivity contribution in [3.63, 3.8) is 0 Å². The van der Waals surface area contributed by atoms with Crippen LogP contribution in [0.3, 0.4) is 0 Å². The number of amides is 1. The minimum Gasteiger partial charge on any atom is -0.346 e. The molecule has 0 aliphatic heterocycles. The molecule has 5 nitrogen and oxygen atoms in total. The molecule has 0 bridgehead atoms. The Balaban J connectivity index is 2.00. The van der Waals surface area contributed by atoms with Crippen molar-refractivity contribution in [2.24, 2.45) is 7.05 Å². The van der Waals surface area contributed by atoms with Crippen molar-refractivity contribution in [2.45, 2.75) is 6.54 Å². The number of aromatic nitrogens is 3. The van der Waals surface area contributed by atoms with Crippen LogP contribution in [0.5, 0.6) is 0 Å². The zero-order valence-corrected chi connectivity index (χ0v) is 15.6. The number of benzene rings is 1. The monoisotopic (exact) mass is 414 g/mol. The van der Waals surface area contributed by atoms with Crippen molar-refractivity contribution in [3.05, 3.63) is 71.2 Å². The second kappa shape index (κ2) is 7.61. The molecule has 0 saturated heterocycles. The average Bonchev–Trinajstić information content (AvgIpc) is 3.06. The van der Waals surface area contributed by atoms with Gasteiger partial charge in [-0.25, -0.2) is 4.39 Å². The van der Waals surface area contributed by atoms with Crippen LogP contribution in [-0.4, -0.2) is 20.7 Å². The SMILES string of the molecule is C=C(Br)C(=O)NCc1cc(-c2ccn(C)n2)cc(-c2ccc(F)cc2)n1. The first kappa shape index (κ1) is 18.0. The van der Waals surface area contributed by atoms with Crippen molar-refractivity contribution in [1.29, 1.82) is 0 Å². The van der Waals surface area contributed by atoms with Crippen LogP contribution in [0.1, 0.15) is 5.69 Å². The van der Waals surface area contributed by atoms with Crippen molar-refractivity contribution in [2.75, 3.05) is 0 Å². The van der Waals surface area contributed by atoms with Crippen LogP contribution >= 0.6 is 15.9 Å². The van der Waals surface area contributed by atoms with E-state index < -0.39 is 0 Å². The van der Waals surface area contributed by atoms with E-state index in [-0.39, 0.29) is 22.8 Å². The van der Waals surface area contributed by atoms with Crippen LogP contribution in [0.25, 0.3) is 22.5 Å². The molecule has 26 heavy (non-hydrogen) atoms. The Hall–Kier alpha value is -2.80. The number of aryl methyl sites for hydroxylation is 1. The van der Waals surface area contributed by atoms with E-state index in [4.69, 9.17) is 0 Å². The highest BCUT2D eigenvalue weighted by atomic mass is 79.9. The summed E-state index contributed by atoms with van der Waals surface area (Å²) in [5, 5.41) is 7.15. The maximum atomic E-state index is 13.2. The normalized spacial score (nSPS) is 10.6. The standard InChI is InChI=1S/C19H16BrFN4O/c1-12(20)19(26)22-11-16-9-14(17-7-8-25(2)24-17)10-18(23-16)13-3-5-15(21)6-4-13/h3-10H,1,11H2,2H3,(H,22,26). The first-order chi connectivity index (χ1) is 12.4. The van der Waals surface area contributed by atoms with Crippen LogP contribution in [-0.2, 0) is 18.4 Å². The van der Waals surface area contributed by atoms with E-state index in [0.29, 0.717) is 11.4 Å². The minimum absolute atomic E-state index is 0.234. The molecular weight excluding hydrogens is 399 g/mol. The van der Waals surface area contributed by atoms with Gasteiger partial charge in [0.05, 0.1) is 28.1 Å². The number of hydrogen-bond acceptors (Lipinski definition) is 3. The minimum atomic E-state index is -0.307. The smallest absolute Gasteiger partial charge is 0.258 e. The third kappa shape index (κ3) is 4.23. The molecule has 132 valence electrons. The van der Waals surface area contributed by atoms with Crippen LogP contribution in [0.2, 0.25) is 0 Å². The lowest BCUT2D eigenvalue weighted by Gasteiger charge is -2.09. The van der Waals surface area contributed by atoms with Crippen molar-refractivity contribution < 1.29 is 9.18 Å². The van der Waals surface area contributed by atoms with Crippen LogP contribution in [0.15, 0.2) is 59.7 Å². The molecule has 0 fully saturated rings. The van der Waals surface area contributed by atoms with Crippen molar-refractivity contribution >= 4 is 21.8 Å². The Kier molecular flexibility index (Phi) is 5.27. The van der Waals surface area contributed by atoms with Gasteiger partial charge in [-0.3, -0.25) is 14.5 Å². The molecule has 0 radical (unpaired) electrons. The summed E-state index contributed by atoms with van der Waals surface area (Å²) in [6, 6.07) is 11.8. The Morgan fingerprint density at radius 2 is 1.92 bits per heavy atom. The first-order valence-corrected chi connectivity index (χ1v) is 8.61. The molecule has 0 unspecified atom stereocenters. The van der Waals surface area contributed by atoms with E-state index in [1.807, 2.05) is 31.4 Å². The van der Waals surface area contributed by atoms with Gasteiger partial charge in [-0.1, -0.05) is 6.58 Å². The highest BCUT2D eigenvalue weighted by Crippen LogP contribution is 2.25. The highest BCUT2D eigenvalue weighted by molar-refractivity contribution is 9.12. The fraction of sp³-hybridized carbons (Fsp3) is 0.105. The van der Waals surface area contributed by atoms with E-state index in [0.717, 1.165) is 16.8 Å². The molecular formula is C19H16BrFN4O. The van der Waals surface area contributed by atoms with Gasteiger partial charge in [-0.2, -0.15) is 5.10 Å². The van der Waals surface area contributed by atoms with E-state index in [1.165, 1.54) is 12.1 Å². The number of nitrogens with one attached hydrogen (secondary N) is 1. The zero-order chi connectivity index (χ0) is 18.7. The number of carbonyl (C=O) groups is 1. The van der Waals surface area contributed by atoms with Gasteiger partial charge in [0, 0.05) is 24.4 Å². The highest BCUT2D eigenvalue weighted by Gasteiger charge is 2.11. The molecule has 7 heteroatoms. The van der Waals surface area contributed by atoms with Gasteiger partial charge in [0.15, 0.2) is 0 Å². The fourth-order valence-electron chi connectivity index (χ4n) is 2.43. The van der Waals surface area contributed by atoms with Gasteiger partial charge < -0.3 is 5.32 Å². The first-order valence-electron chi connectivity index (χ1n) is 7.82. The van der Waals surface area contributed by atoms with Crippen LogP contribution in [0, 0.1) is 5.82 Å². The molecule has 0 spiro atoms. The molecule has 0 aliphatic carbocycles. The number of halogens is 2. The molecule has 1 amide bonds. The lowest BCUT2D eigenvalue weighted by atomic mass is 10.1. The Bertz CT molecular complexity index is 966. The van der Waals surface area contributed by atoms with Gasteiger partial charge in [0.25, 0.3) is 5.91 Å². The Morgan fingerprint density at radius 1 is 1.19 bits per heavy atom. The Morgan fingerprint density at radius 3 is 2.54 bits per heavy atom. The third-order valence-corrected chi connectivity index (χ3v) is 4.06. The van der Waals surface area contributed by atoms with Gasteiger partial charge in [-0.05, 0) is 58.4 Å². The maximum Gasteiger partial charge on any atom is 0.258 e. The van der Waals surface area contributed by atoms with Crippen molar-refractivity contribution in [1.82, 2.24) is 20.1 Å². The molecule has 0 aliphatic rings. The van der Waals surface area contributed by atoms with Gasteiger partial charge in [0.1, 0.15) is 5.82 Å². The molecule has 1 aromatic carbocycles. The molecule has 3 aromatic rings. The van der Waals surface area contributed by atoms with E-state index in [2.05, 4.69) is 37.9 Å². The summed E-state index contributed by atoms with van der Waals surface area (Å²) in [5.41, 5.74) is 3.77. The summed E-state index contributed by atoms with van der Waals surface area (Å²) in [6.07, 6.45) is 1.85. The molecule has 2 heterocycles. The van der Waals surface area contributed by atoms with Crippen molar-refractivity contribution in [3.8, 4) is 22.5 Å². The molecule has 3 rings (SSSR count). The summed E-state index contributed by atoms with van der Waals surface area (Å²) in [5.74, 6) is -0.615. The number of carbonyl (C=O) groups excluding carboxylic acids is 1. The van der Waals surface area contributed by atoms with Gasteiger partial charge >= 0.3 is 0 Å². The molecule has 1 N–H and O–H groups in total. The van der Waals surface area contributed by atoms with Crippen LogP contribution in [0.4, 0.5) is 4.39 Å². The molecule has 0 atom stereocenters. The second-order valence-electron chi connectivity index (χ2n) is 5.70. The number of nitrogens with zero attached hydrogens (tertiary/aromatic N) is 3. The molecule has 2 aromatic heterocycles. The predicted octanol–water partition coefficient (Wildman–Crippen LogP) is 3.81. The zero-order valence-electron chi connectivity index (χ0n) is 14.0. The maximum absolute atomic E-state index is 13.2. The summed E-state index contributed by atoms with van der Waals surface area (Å²) in [7, 11) is 1.84. The number of hydrogen-bond donors (Lipinski definition) is 1. The van der Waals surface area contributed by atoms with Gasteiger partial charge in [0.2, 0.25) is 0 Å². The topological polar surface area (TPSA) is 59.8 Å². The lowest BCUT2D eigenvalue weighted by Crippen LogP contribution is -2.22. The summed E-state index contributed by atoms with van der Waals surface area (Å²) in [4.78, 5) is 16.3.